The Bertz CT molecular complexity index is 1250. The van der Waals surface area contributed by atoms with E-state index in [9.17, 15) is 26.8 Å². The summed E-state index contributed by atoms with van der Waals surface area (Å²) >= 11 is 12.2. The number of nitrogens with zero attached hydrogens (tertiary/aromatic N) is 2. The van der Waals surface area contributed by atoms with Gasteiger partial charge in [-0.15, -0.1) is 0 Å². The molecule has 0 unspecified atom stereocenters. The molecule has 0 radical (unpaired) electrons. The third-order valence-corrected chi connectivity index (χ3v) is 8.00. The van der Waals surface area contributed by atoms with Gasteiger partial charge < -0.3 is 10.2 Å². The number of hydrogen-bond acceptors (Lipinski definition) is 4. The highest BCUT2D eigenvalue weighted by Crippen LogP contribution is 2.25. The van der Waals surface area contributed by atoms with Gasteiger partial charge in [-0.05, 0) is 56.0 Å². The highest BCUT2D eigenvalue weighted by atomic mass is 35.5. The van der Waals surface area contributed by atoms with Gasteiger partial charge in [0.15, 0.2) is 11.6 Å². The van der Waals surface area contributed by atoms with Gasteiger partial charge in [0.1, 0.15) is 6.04 Å². The molecule has 7 nitrogen and oxygen atoms in total. The number of rotatable bonds is 13. The third kappa shape index (κ3) is 8.81. The van der Waals surface area contributed by atoms with Crippen LogP contribution in [0.3, 0.4) is 0 Å². The first kappa shape index (κ1) is 31.8. The van der Waals surface area contributed by atoms with E-state index in [1.807, 2.05) is 13.8 Å². The predicted molar refractivity (Wildman–Crippen MR) is 147 cm³/mol. The molecule has 2 aromatic rings. The molecule has 2 rings (SSSR count). The highest BCUT2D eigenvalue weighted by molar-refractivity contribution is 7.92. The van der Waals surface area contributed by atoms with Crippen LogP contribution in [0, 0.1) is 11.6 Å². The Labute approximate surface area is 233 Å². The average molecular weight is 593 g/mol. The van der Waals surface area contributed by atoms with Crippen molar-refractivity contribution in [3.05, 3.63) is 63.6 Å². The summed E-state index contributed by atoms with van der Waals surface area (Å²) in [6.45, 7) is 5.54. The van der Waals surface area contributed by atoms with Gasteiger partial charge in [-0.3, -0.25) is 13.9 Å². The van der Waals surface area contributed by atoms with E-state index in [4.69, 9.17) is 23.2 Å². The van der Waals surface area contributed by atoms with E-state index in [0.717, 1.165) is 28.8 Å². The van der Waals surface area contributed by atoms with Crippen LogP contribution in [0.4, 0.5) is 14.5 Å². The molecule has 38 heavy (non-hydrogen) atoms. The summed E-state index contributed by atoms with van der Waals surface area (Å²) in [5.74, 6) is -2.95. The zero-order valence-corrected chi connectivity index (χ0v) is 24.1. The summed E-state index contributed by atoms with van der Waals surface area (Å²) in [4.78, 5) is 27.9. The number of sulfonamides is 1. The molecule has 0 saturated heterocycles. The van der Waals surface area contributed by atoms with Crippen LogP contribution < -0.4 is 9.62 Å². The first-order chi connectivity index (χ1) is 17.8. The fourth-order valence-electron chi connectivity index (χ4n) is 3.84. The number of halogens is 4. The van der Waals surface area contributed by atoms with Crippen molar-refractivity contribution in [2.45, 2.75) is 65.1 Å². The van der Waals surface area contributed by atoms with E-state index in [-0.39, 0.29) is 49.5 Å². The number of hydrogen-bond donors (Lipinski definition) is 1. The molecule has 210 valence electrons. The minimum absolute atomic E-state index is 0.0501. The van der Waals surface area contributed by atoms with Crippen molar-refractivity contribution < 1.29 is 26.8 Å². The predicted octanol–water partition coefficient (Wildman–Crippen LogP) is 5.54. The molecule has 0 aromatic heterocycles. The van der Waals surface area contributed by atoms with Crippen molar-refractivity contribution in [3.63, 3.8) is 0 Å². The summed E-state index contributed by atoms with van der Waals surface area (Å²) < 4.78 is 52.7. The van der Waals surface area contributed by atoms with Gasteiger partial charge in [-0.2, -0.15) is 0 Å². The zero-order chi connectivity index (χ0) is 28.6. The van der Waals surface area contributed by atoms with E-state index in [1.54, 1.807) is 25.1 Å². The van der Waals surface area contributed by atoms with Crippen LogP contribution in [0.25, 0.3) is 0 Å². The molecule has 0 spiro atoms. The van der Waals surface area contributed by atoms with E-state index in [2.05, 4.69) is 5.32 Å². The molecule has 2 aromatic carbocycles. The van der Waals surface area contributed by atoms with Crippen LogP contribution >= 0.6 is 23.2 Å². The lowest BCUT2D eigenvalue weighted by atomic mass is 10.1. The fraction of sp³-hybridized carbons (Fsp3) is 0.462. The Kier molecular flexibility index (Phi) is 11.8. The summed E-state index contributed by atoms with van der Waals surface area (Å²) in [5.41, 5.74) is 0.618. The number of anilines is 1. The summed E-state index contributed by atoms with van der Waals surface area (Å²) in [5, 5.41) is 3.58. The maximum atomic E-state index is 13.8. The summed E-state index contributed by atoms with van der Waals surface area (Å²) in [7, 11) is -3.85. The number of amides is 2. The van der Waals surface area contributed by atoms with Crippen molar-refractivity contribution in [1.82, 2.24) is 10.2 Å². The lowest BCUT2D eigenvalue weighted by Crippen LogP contribution is -2.50. The largest absolute Gasteiger partial charge is 0.352 e. The Morgan fingerprint density at radius 3 is 2.24 bits per heavy atom. The molecule has 0 aliphatic heterocycles. The minimum atomic E-state index is -3.85. The number of carbonyl (C=O) groups excluding carboxylic acids is 2. The van der Waals surface area contributed by atoms with Crippen molar-refractivity contribution in [2.75, 3.05) is 17.1 Å². The second-order valence-corrected chi connectivity index (χ2v) is 11.8. The van der Waals surface area contributed by atoms with Crippen LogP contribution in [0.5, 0.6) is 0 Å². The normalized spacial score (nSPS) is 13.1. The molecule has 0 bridgehead atoms. The van der Waals surface area contributed by atoms with Crippen LogP contribution in [-0.2, 0) is 26.2 Å². The molecule has 2 atom stereocenters. The van der Waals surface area contributed by atoms with Crippen LogP contribution in [0.15, 0.2) is 36.4 Å². The Hall–Kier alpha value is -2.43. The second-order valence-electron chi connectivity index (χ2n) is 9.05. The maximum Gasteiger partial charge on any atom is 0.243 e. The molecule has 0 aliphatic carbocycles. The Morgan fingerprint density at radius 2 is 1.68 bits per heavy atom. The highest BCUT2D eigenvalue weighted by Gasteiger charge is 2.29. The third-order valence-electron chi connectivity index (χ3n) is 6.07. The Morgan fingerprint density at radius 1 is 1.00 bits per heavy atom. The second kappa shape index (κ2) is 14.1. The maximum absolute atomic E-state index is 13.8. The molecular formula is C26H33Cl2F2N3O4S. The van der Waals surface area contributed by atoms with Gasteiger partial charge in [0.05, 0.1) is 22.0 Å². The molecule has 0 fully saturated rings. The van der Waals surface area contributed by atoms with Gasteiger partial charge >= 0.3 is 0 Å². The lowest BCUT2D eigenvalue weighted by molar-refractivity contribution is -0.141. The van der Waals surface area contributed by atoms with Crippen LogP contribution in [0.1, 0.15) is 52.0 Å². The molecule has 0 aliphatic rings. The number of carbonyl (C=O) groups is 2. The van der Waals surface area contributed by atoms with Crippen molar-refractivity contribution in [1.29, 1.82) is 0 Å². The van der Waals surface area contributed by atoms with Gasteiger partial charge in [0, 0.05) is 31.6 Å². The summed E-state index contributed by atoms with van der Waals surface area (Å²) in [6.07, 6.45) is 1.99. The average Bonchev–Trinajstić information content (AvgIpc) is 2.84. The molecular weight excluding hydrogens is 559 g/mol. The van der Waals surface area contributed by atoms with E-state index < -0.39 is 27.7 Å². The van der Waals surface area contributed by atoms with Gasteiger partial charge in [0.25, 0.3) is 0 Å². The monoisotopic (exact) mass is 591 g/mol. The van der Waals surface area contributed by atoms with Crippen LogP contribution in [0.2, 0.25) is 10.0 Å². The number of benzene rings is 2. The van der Waals surface area contributed by atoms with E-state index in [0.29, 0.717) is 28.5 Å². The first-order valence-corrected chi connectivity index (χ1v) is 14.8. The molecule has 2 amide bonds. The molecule has 0 heterocycles. The lowest BCUT2D eigenvalue weighted by Gasteiger charge is -2.32. The smallest absolute Gasteiger partial charge is 0.243 e. The zero-order valence-electron chi connectivity index (χ0n) is 21.8. The Balaban J connectivity index is 2.27. The van der Waals surface area contributed by atoms with Crippen LogP contribution in [-0.4, -0.2) is 50.0 Å². The van der Waals surface area contributed by atoms with E-state index in [1.165, 1.54) is 4.90 Å². The fourth-order valence-corrected chi connectivity index (χ4v) is 5.12. The SMILES string of the molecule is CC[C@H](C)NC(=O)[C@H](CC)N(Cc1ccc(Cl)c(Cl)c1)C(=O)CCCN(c1ccc(F)c(F)c1)S(C)(=O)=O. The molecule has 0 saturated carbocycles. The first-order valence-electron chi connectivity index (χ1n) is 12.2. The van der Waals surface area contributed by atoms with Gasteiger partial charge in [0.2, 0.25) is 21.8 Å². The van der Waals surface area contributed by atoms with Gasteiger partial charge in [-0.1, -0.05) is 43.1 Å². The standard InChI is InChI=1S/C26H33Cl2F2N3O4S/c1-5-17(3)31-26(35)24(6-2)32(16-18-9-11-20(27)21(28)14-18)25(34)8-7-13-33(38(4,36)37)19-10-12-22(29)23(30)15-19/h9-12,14-15,17,24H,5-8,13,16H2,1-4H3,(H,31,35)/t17-,24-/m0/s1. The minimum Gasteiger partial charge on any atom is -0.352 e. The van der Waals surface area contributed by atoms with E-state index >= 15 is 0 Å². The summed E-state index contributed by atoms with van der Waals surface area (Å²) in [6, 6.07) is 6.87. The van der Waals surface area contributed by atoms with Crippen molar-refractivity contribution >= 4 is 50.7 Å². The number of nitrogens with one attached hydrogen (secondary N) is 1. The van der Waals surface area contributed by atoms with Crippen molar-refractivity contribution in [2.24, 2.45) is 0 Å². The molecule has 1 N–H and O–H groups in total. The molecule has 12 heteroatoms. The topological polar surface area (TPSA) is 86.8 Å². The van der Waals surface area contributed by atoms with Gasteiger partial charge in [-0.25, -0.2) is 17.2 Å². The quantitative estimate of drug-likeness (QED) is 0.331. The van der Waals surface area contributed by atoms with Crippen molar-refractivity contribution in [3.8, 4) is 0 Å².